The number of methoxy groups -OCH3 is 2. The molecule has 0 unspecified atom stereocenters. The Morgan fingerprint density at radius 1 is 1.25 bits per heavy atom. The van der Waals surface area contributed by atoms with Crippen LogP contribution in [0.1, 0.15) is 11.4 Å². The zero-order valence-corrected chi connectivity index (χ0v) is 15.7. The van der Waals surface area contributed by atoms with E-state index in [1.165, 1.54) is 6.33 Å². The number of benzene rings is 1. The maximum atomic E-state index is 5.35. The van der Waals surface area contributed by atoms with Gasteiger partial charge in [0.05, 0.1) is 25.2 Å². The molecule has 0 atom stereocenters. The van der Waals surface area contributed by atoms with Crippen molar-refractivity contribution in [3.05, 3.63) is 34.3 Å². The smallest absolute Gasteiger partial charge is 0.191 e. The van der Waals surface area contributed by atoms with Gasteiger partial charge in [-0.25, -0.2) is 4.98 Å². The Kier molecular flexibility index (Phi) is 6.42. The summed E-state index contributed by atoms with van der Waals surface area (Å²) in [4.78, 5) is 8.36. The fourth-order valence-corrected chi connectivity index (χ4v) is 2.77. The topological polar surface area (TPSA) is 85.6 Å². The van der Waals surface area contributed by atoms with Crippen LogP contribution in [0.3, 0.4) is 0 Å². The van der Waals surface area contributed by atoms with Crippen LogP contribution in [-0.4, -0.2) is 42.0 Å². The Morgan fingerprint density at radius 3 is 2.58 bits per heavy atom. The first-order chi connectivity index (χ1) is 11.6. The average Bonchev–Trinajstić information content (AvgIpc) is 2.99. The molecular weight excluding hydrogens is 376 g/mol. The molecule has 0 fully saturated rings. The number of aliphatic imine (C=N–C) groups is 1. The minimum Gasteiger partial charge on any atom is -0.493 e. The van der Waals surface area contributed by atoms with Gasteiger partial charge < -0.3 is 20.1 Å². The molecule has 0 saturated carbocycles. The summed E-state index contributed by atoms with van der Waals surface area (Å²) in [7, 11) is 6.79. The van der Waals surface area contributed by atoms with Crippen molar-refractivity contribution in [3.63, 3.8) is 0 Å². The van der Waals surface area contributed by atoms with E-state index < -0.39 is 0 Å². The molecule has 1 aromatic heterocycles. The predicted molar refractivity (Wildman–Crippen MR) is 95.3 cm³/mol. The number of hydrogen-bond acceptors (Lipinski definition) is 5. The quantitative estimate of drug-likeness (QED) is 0.567. The lowest BCUT2D eigenvalue weighted by Gasteiger charge is -2.14. The predicted octanol–water partition coefficient (Wildman–Crippen LogP) is 1.46. The largest absolute Gasteiger partial charge is 0.493 e. The Balaban J connectivity index is 1.98. The van der Waals surface area contributed by atoms with Crippen LogP contribution in [0.15, 0.2) is 27.9 Å². The van der Waals surface area contributed by atoms with Gasteiger partial charge in [0.1, 0.15) is 12.2 Å². The van der Waals surface area contributed by atoms with E-state index in [1.807, 2.05) is 19.2 Å². The van der Waals surface area contributed by atoms with Gasteiger partial charge in [0.2, 0.25) is 0 Å². The Bertz CT molecular complexity index is 716. The molecule has 1 heterocycles. The van der Waals surface area contributed by atoms with Gasteiger partial charge in [-0.05, 0) is 33.6 Å². The molecule has 0 aliphatic carbocycles. The van der Waals surface area contributed by atoms with E-state index in [0.29, 0.717) is 30.5 Å². The molecule has 2 N–H and O–H groups in total. The van der Waals surface area contributed by atoms with Crippen molar-refractivity contribution in [1.29, 1.82) is 0 Å². The molecular formula is C15H21BrN6O2. The van der Waals surface area contributed by atoms with Crippen LogP contribution in [0.5, 0.6) is 11.5 Å². The van der Waals surface area contributed by atoms with Crippen LogP contribution in [0, 0.1) is 0 Å². The average molecular weight is 397 g/mol. The minimum absolute atomic E-state index is 0.534. The van der Waals surface area contributed by atoms with Gasteiger partial charge in [-0.3, -0.25) is 9.67 Å². The number of nitrogens with zero attached hydrogens (tertiary/aromatic N) is 4. The van der Waals surface area contributed by atoms with E-state index in [-0.39, 0.29) is 0 Å². The molecule has 2 rings (SSSR count). The second-order valence-corrected chi connectivity index (χ2v) is 5.75. The summed E-state index contributed by atoms with van der Waals surface area (Å²) in [6.07, 6.45) is 1.52. The van der Waals surface area contributed by atoms with Crippen LogP contribution < -0.4 is 20.1 Å². The van der Waals surface area contributed by atoms with E-state index in [9.17, 15) is 0 Å². The van der Waals surface area contributed by atoms with E-state index >= 15 is 0 Å². The minimum atomic E-state index is 0.534. The van der Waals surface area contributed by atoms with Crippen molar-refractivity contribution in [2.75, 3.05) is 21.3 Å². The van der Waals surface area contributed by atoms with Crippen LogP contribution in [0.2, 0.25) is 0 Å². The SMILES string of the molecule is CN=C(NCc1cc(Br)c(OC)c(OC)c1)NCc1ncnn1C. The highest BCUT2D eigenvalue weighted by atomic mass is 79.9. The van der Waals surface area contributed by atoms with E-state index in [0.717, 1.165) is 15.9 Å². The first-order valence-electron chi connectivity index (χ1n) is 7.26. The number of aromatic nitrogens is 3. The van der Waals surface area contributed by atoms with E-state index in [1.54, 1.807) is 25.9 Å². The normalized spacial score (nSPS) is 11.3. The summed E-state index contributed by atoms with van der Waals surface area (Å²) >= 11 is 3.49. The summed E-state index contributed by atoms with van der Waals surface area (Å²) in [5.41, 5.74) is 1.03. The van der Waals surface area contributed by atoms with Gasteiger partial charge in [-0.15, -0.1) is 0 Å². The number of rotatable bonds is 6. The van der Waals surface area contributed by atoms with Crippen LogP contribution in [0.4, 0.5) is 0 Å². The molecule has 0 spiro atoms. The maximum absolute atomic E-state index is 5.35. The molecule has 9 heteroatoms. The zero-order valence-electron chi connectivity index (χ0n) is 14.1. The van der Waals surface area contributed by atoms with Crippen molar-refractivity contribution >= 4 is 21.9 Å². The lowest BCUT2D eigenvalue weighted by atomic mass is 10.2. The van der Waals surface area contributed by atoms with Crippen LogP contribution >= 0.6 is 15.9 Å². The molecule has 8 nitrogen and oxygen atoms in total. The zero-order chi connectivity index (χ0) is 17.5. The van der Waals surface area contributed by atoms with Crippen molar-refractivity contribution in [2.24, 2.45) is 12.0 Å². The fraction of sp³-hybridized carbons (Fsp3) is 0.400. The number of hydrogen-bond donors (Lipinski definition) is 2. The van der Waals surface area contributed by atoms with Gasteiger partial charge in [-0.1, -0.05) is 0 Å². The lowest BCUT2D eigenvalue weighted by Crippen LogP contribution is -2.36. The highest BCUT2D eigenvalue weighted by Gasteiger charge is 2.11. The molecule has 0 bridgehead atoms. The molecule has 0 aliphatic rings. The highest BCUT2D eigenvalue weighted by molar-refractivity contribution is 9.10. The Labute approximate surface area is 149 Å². The van der Waals surface area contributed by atoms with Crippen molar-refractivity contribution < 1.29 is 9.47 Å². The second kappa shape index (κ2) is 8.53. The van der Waals surface area contributed by atoms with Crippen LogP contribution in [0.25, 0.3) is 0 Å². The third-order valence-corrected chi connectivity index (χ3v) is 3.99. The standard InChI is InChI=1S/C15H21BrN6O2/c1-17-15(19-8-13-20-9-21-22(13)2)18-7-10-5-11(16)14(24-4)12(6-10)23-3/h5-6,9H,7-8H2,1-4H3,(H2,17,18,19). The molecule has 0 aliphatic heterocycles. The maximum Gasteiger partial charge on any atom is 0.191 e. The lowest BCUT2D eigenvalue weighted by molar-refractivity contribution is 0.352. The third-order valence-electron chi connectivity index (χ3n) is 3.40. The molecule has 0 amide bonds. The van der Waals surface area contributed by atoms with Gasteiger partial charge in [-0.2, -0.15) is 5.10 Å². The number of nitrogens with one attached hydrogen (secondary N) is 2. The summed E-state index contributed by atoms with van der Waals surface area (Å²) < 4.78 is 13.2. The van der Waals surface area contributed by atoms with Gasteiger partial charge in [0.15, 0.2) is 17.5 Å². The highest BCUT2D eigenvalue weighted by Crippen LogP contribution is 2.36. The number of ether oxygens (including phenoxy) is 2. The Hall–Kier alpha value is -2.29. The second-order valence-electron chi connectivity index (χ2n) is 4.89. The van der Waals surface area contributed by atoms with E-state index in [4.69, 9.17) is 9.47 Å². The molecule has 130 valence electrons. The summed E-state index contributed by atoms with van der Waals surface area (Å²) in [6.45, 7) is 1.11. The molecule has 24 heavy (non-hydrogen) atoms. The van der Waals surface area contributed by atoms with Crippen molar-refractivity contribution in [2.45, 2.75) is 13.1 Å². The molecule has 1 aromatic carbocycles. The number of aryl methyl sites for hydroxylation is 1. The Morgan fingerprint density at radius 2 is 2.00 bits per heavy atom. The van der Waals surface area contributed by atoms with Crippen LogP contribution in [-0.2, 0) is 20.1 Å². The van der Waals surface area contributed by atoms with Gasteiger partial charge in [0.25, 0.3) is 0 Å². The van der Waals surface area contributed by atoms with Gasteiger partial charge in [0, 0.05) is 20.6 Å². The number of guanidine groups is 1. The van der Waals surface area contributed by atoms with Crippen molar-refractivity contribution in [1.82, 2.24) is 25.4 Å². The molecule has 0 saturated heterocycles. The summed E-state index contributed by atoms with van der Waals surface area (Å²) in [5.74, 6) is 2.84. The molecule has 2 aromatic rings. The summed E-state index contributed by atoms with van der Waals surface area (Å²) in [6, 6.07) is 3.90. The first kappa shape index (κ1) is 18.1. The first-order valence-corrected chi connectivity index (χ1v) is 8.06. The summed E-state index contributed by atoms with van der Waals surface area (Å²) in [5, 5.41) is 10.5. The monoisotopic (exact) mass is 396 g/mol. The van der Waals surface area contributed by atoms with Gasteiger partial charge >= 0.3 is 0 Å². The third kappa shape index (κ3) is 4.38. The fourth-order valence-electron chi connectivity index (χ4n) is 2.12. The van der Waals surface area contributed by atoms with Crippen molar-refractivity contribution in [3.8, 4) is 11.5 Å². The molecule has 0 radical (unpaired) electrons. The number of halogens is 1. The van der Waals surface area contributed by atoms with E-state index in [2.05, 4.69) is 41.6 Å².